The Balaban J connectivity index is 1.44. The summed E-state index contributed by atoms with van der Waals surface area (Å²) in [4.78, 5) is 7.39. The van der Waals surface area contributed by atoms with E-state index in [1.54, 1.807) is 0 Å². The Morgan fingerprint density at radius 2 is 1.75 bits per heavy atom. The number of aryl methyl sites for hydroxylation is 3. The third-order valence-corrected chi connectivity index (χ3v) is 7.31. The van der Waals surface area contributed by atoms with Crippen molar-refractivity contribution in [3.05, 3.63) is 76.4 Å². The minimum Gasteiger partial charge on any atom is -0.361 e. The number of hydrogen-bond acceptors (Lipinski definition) is 4. The molecule has 0 bridgehead atoms. The van der Waals surface area contributed by atoms with Gasteiger partial charge in [-0.2, -0.15) is 0 Å². The van der Waals surface area contributed by atoms with E-state index in [0.717, 1.165) is 42.8 Å². The largest absolute Gasteiger partial charge is 0.361 e. The zero-order chi connectivity index (χ0) is 22.2. The SMILES string of the molecule is Cc1noc(C)c1Cn1c(C)c(C)c2ccnc(N3CCC(Cc4ccccc4)CC3)c21. The average Bonchev–Trinajstić information content (AvgIpc) is 3.26. The van der Waals surface area contributed by atoms with Crippen molar-refractivity contribution in [2.75, 3.05) is 18.0 Å². The van der Waals surface area contributed by atoms with Gasteiger partial charge in [0.05, 0.1) is 17.8 Å². The molecule has 166 valence electrons. The Bertz CT molecular complexity index is 1210. The summed E-state index contributed by atoms with van der Waals surface area (Å²) in [7, 11) is 0. The molecule has 5 rings (SSSR count). The molecule has 32 heavy (non-hydrogen) atoms. The van der Waals surface area contributed by atoms with Gasteiger partial charge in [-0.05, 0) is 70.1 Å². The summed E-state index contributed by atoms with van der Waals surface area (Å²) in [6.45, 7) is 11.3. The van der Waals surface area contributed by atoms with Crippen molar-refractivity contribution in [1.29, 1.82) is 0 Å². The van der Waals surface area contributed by atoms with Crippen LogP contribution in [0.5, 0.6) is 0 Å². The van der Waals surface area contributed by atoms with Crippen molar-refractivity contribution in [3.63, 3.8) is 0 Å². The minimum absolute atomic E-state index is 0.741. The minimum atomic E-state index is 0.741. The Hall–Kier alpha value is -3.08. The van der Waals surface area contributed by atoms with Gasteiger partial charge in [-0.3, -0.25) is 0 Å². The van der Waals surface area contributed by atoms with E-state index in [0.29, 0.717) is 0 Å². The van der Waals surface area contributed by atoms with Crippen molar-refractivity contribution in [2.45, 2.75) is 53.5 Å². The molecule has 0 aliphatic carbocycles. The summed E-state index contributed by atoms with van der Waals surface area (Å²) >= 11 is 0. The lowest BCUT2D eigenvalue weighted by Gasteiger charge is -2.33. The molecule has 5 nitrogen and oxygen atoms in total. The Morgan fingerprint density at radius 3 is 2.44 bits per heavy atom. The molecule has 3 aromatic heterocycles. The van der Waals surface area contributed by atoms with E-state index in [9.17, 15) is 0 Å². The average molecular weight is 429 g/mol. The van der Waals surface area contributed by atoms with Crippen LogP contribution in [0.3, 0.4) is 0 Å². The maximum atomic E-state index is 5.44. The number of pyridine rings is 1. The highest BCUT2D eigenvalue weighted by Gasteiger charge is 2.25. The molecule has 4 heterocycles. The molecule has 0 atom stereocenters. The van der Waals surface area contributed by atoms with Crippen LogP contribution < -0.4 is 4.90 Å². The smallest absolute Gasteiger partial charge is 0.153 e. The van der Waals surface area contributed by atoms with Gasteiger partial charge < -0.3 is 14.0 Å². The zero-order valence-corrected chi connectivity index (χ0v) is 19.6. The van der Waals surface area contributed by atoms with E-state index in [1.807, 2.05) is 20.0 Å². The maximum Gasteiger partial charge on any atom is 0.153 e. The lowest BCUT2D eigenvalue weighted by molar-refractivity contribution is 0.392. The van der Waals surface area contributed by atoms with E-state index in [-0.39, 0.29) is 0 Å². The fraction of sp³-hybridized carbons (Fsp3) is 0.407. The molecule has 5 heteroatoms. The molecule has 1 saturated heterocycles. The highest BCUT2D eigenvalue weighted by atomic mass is 16.5. The van der Waals surface area contributed by atoms with Crippen molar-refractivity contribution < 1.29 is 4.52 Å². The topological polar surface area (TPSA) is 47.1 Å². The molecule has 0 amide bonds. The van der Waals surface area contributed by atoms with Crippen LogP contribution in [0.15, 0.2) is 47.1 Å². The number of nitrogens with zero attached hydrogens (tertiary/aromatic N) is 4. The molecule has 0 unspecified atom stereocenters. The quantitative estimate of drug-likeness (QED) is 0.405. The summed E-state index contributed by atoms with van der Waals surface area (Å²) in [5.74, 6) is 2.75. The van der Waals surface area contributed by atoms with E-state index >= 15 is 0 Å². The van der Waals surface area contributed by atoms with Gasteiger partial charge >= 0.3 is 0 Å². The Kier molecular flexibility index (Phi) is 5.50. The standard InChI is InChI=1S/C27H32N4O/c1-18-20(3)31(17-25-19(2)29-32-21(25)4)26-24(18)10-13-28-27(26)30-14-11-23(12-15-30)16-22-8-6-5-7-9-22/h5-10,13,23H,11-12,14-17H2,1-4H3. The molecule has 0 radical (unpaired) electrons. The van der Waals surface area contributed by atoms with Gasteiger partial charge in [-0.15, -0.1) is 0 Å². The number of piperidine rings is 1. The van der Waals surface area contributed by atoms with E-state index in [4.69, 9.17) is 9.51 Å². The van der Waals surface area contributed by atoms with Crippen LogP contribution in [-0.4, -0.2) is 27.8 Å². The third kappa shape index (κ3) is 3.70. The van der Waals surface area contributed by atoms with E-state index in [1.165, 1.54) is 52.5 Å². The van der Waals surface area contributed by atoms with Gasteiger partial charge in [0.25, 0.3) is 0 Å². The van der Waals surface area contributed by atoms with Gasteiger partial charge in [-0.1, -0.05) is 35.5 Å². The number of hydrogen-bond donors (Lipinski definition) is 0. The van der Waals surface area contributed by atoms with E-state index < -0.39 is 0 Å². The van der Waals surface area contributed by atoms with Crippen molar-refractivity contribution >= 4 is 16.7 Å². The summed E-state index contributed by atoms with van der Waals surface area (Å²) in [6, 6.07) is 13.1. The lowest BCUT2D eigenvalue weighted by Crippen LogP contribution is -2.35. The van der Waals surface area contributed by atoms with Gasteiger partial charge in [0.15, 0.2) is 5.82 Å². The first kappa shape index (κ1) is 20.8. The monoisotopic (exact) mass is 428 g/mol. The van der Waals surface area contributed by atoms with Crippen molar-refractivity contribution in [1.82, 2.24) is 14.7 Å². The van der Waals surface area contributed by atoms with Crippen molar-refractivity contribution in [3.8, 4) is 0 Å². The van der Waals surface area contributed by atoms with Gasteiger partial charge in [0.2, 0.25) is 0 Å². The second-order valence-electron chi connectivity index (χ2n) is 9.25. The van der Waals surface area contributed by atoms with Crippen LogP contribution in [0.1, 0.15) is 46.7 Å². The Morgan fingerprint density at radius 1 is 1.00 bits per heavy atom. The fourth-order valence-corrected chi connectivity index (χ4v) is 5.19. The number of anilines is 1. The molecule has 1 fully saturated rings. The Labute approximate surface area is 190 Å². The summed E-state index contributed by atoms with van der Waals surface area (Å²) in [6.07, 6.45) is 5.55. The van der Waals surface area contributed by atoms with Crippen LogP contribution in [0.25, 0.3) is 10.9 Å². The van der Waals surface area contributed by atoms with Gasteiger partial charge in [0, 0.05) is 35.9 Å². The first-order valence-corrected chi connectivity index (χ1v) is 11.7. The number of fused-ring (bicyclic) bond motifs is 1. The van der Waals surface area contributed by atoms with Crippen LogP contribution in [-0.2, 0) is 13.0 Å². The summed E-state index contributed by atoms with van der Waals surface area (Å²) in [5, 5.41) is 5.47. The summed E-state index contributed by atoms with van der Waals surface area (Å²) < 4.78 is 7.86. The normalized spacial score (nSPS) is 15.1. The van der Waals surface area contributed by atoms with E-state index in [2.05, 4.69) is 64.9 Å². The number of benzene rings is 1. The van der Waals surface area contributed by atoms with Gasteiger partial charge in [0.1, 0.15) is 5.76 Å². The molecular formula is C27H32N4O. The van der Waals surface area contributed by atoms with Crippen LogP contribution in [0.4, 0.5) is 5.82 Å². The predicted molar refractivity (Wildman–Crippen MR) is 129 cm³/mol. The second-order valence-corrected chi connectivity index (χ2v) is 9.25. The number of rotatable bonds is 5. The zero-order valence-electron chi connectivity index (χ0n) is 19.6. The molecule has 0 saturated carbocycles. The first-order chi connectivity index (χ1) is 15.5. The predicted octanol–water partition coefficient (Wildman–Crippen LogP) is 5.77. The van der Waals surface area contributed by atoms with Crippen LogP contribution >= 0.6 is 0 Å². The molecular weight excluding hydrogens is 396 g/mol. The maximum absolute atomic E-state index is 5.44. The molecule has 1 aromatic carbocycles. The second kappa shape index (κ2) is 8.45. The molecule has 1 aliphatic rings. The highest BCUT2D eigenvalue weighted by molar-refractivity contribution is 5.93. The molecule has 0 N–H and O–H groups in total. The highest BCUT2D eigenvalue weighted by Crippen LogP contribution is 2.35. The van der Waals surface area contributed by atoms with Gasteiger partial charge in [-0.25, -0.2) is 4.98 Å². The number of aromatic nitrogens is 3. The van der Waals surface area contributed by atoms with Crippen LogP contribution in [0, 0.1) is 33.6 Å². The molecule has 1 aliphatic heterocycles. The first-order valence-electron chi connectivity index (χ1n) is 11.7. The third-order valence-electron chi connectivity index (χ3n) is 7.31. The molecule has 4 aromatic rings. The lowest BCUT2D eigenvalue weighted by atomic mass is 9.90. The fourth-order valence-electron chi connectivity index (χ4n) is 5.19. The van der Waals surface area contributed by atoms with Crippen molar-refractivity contribution in [2.24, 2.45) is 5.92 Å². The summed E-state index contributed by atoms with van der Waals surface area (Å²) in [5.41, 5.74) is 7.44. The molecule has 0 spiro atoms. The van der Waals surface area contributed by atoms with Crippen LogP contribution in [0.2, 0.25) is 0 Å².